The first-order valence-electron chi connectivity index (χ1n) is 12.1. The van der Waals surface area contributed by atoms with Crippen molar-refractivity contribution < 1.29 is 14.3 Å². The molecule has 0 radical (unpaired) electrons. The number of fused-ring (bicyclic) bond motifs is 1. The van der Waals surface area contributed by atoms with Gasteiger partial charge in [0.25, 0.3) is 11.8 Å². The maximum atomic E-state index is 13.1. The molecule has 0 atom stereocenters. The largest absolute Gasteiger partial charge is 0.480 e. The van der Waals surface area contributed by atoms with Crippen LogP contribution in [0.3, 0.4) is 0 Å². The Bertz CT molecular complexity index is 1390. The minimum atomic E-state index is -0.106. The van der Waals surface area contributed by atoms with Crippen molar-refractivity contribution in [3.63, 3.8) is 0 Å². The molecule has 1 N–H and O–H groups in total. The zero-order valence-corrected chi connectivity index (χ0v) is 20.5. The van der Waals surface area contributed by atoms with E-state index in [1.807, 2.05) is 71.1 Å². The van der Waals surface area contributed by atoms with Gasteiger partial charge in [0.1, 0.15) is 11.2 Å². The lowest BCUT2D eigenvalue weighted by atomic mass is 9.88. The van der Waals surface area contributed by atoms with Crippen LogP contribution in [0.15, 0.2) is 67.3 Å². The lowest BCUT2D eigenvalue weighted by molar-refractivity contribution is 0.0708. The van der Waals surface area contributed by atoms with Crippen molar-refractivity contribution >= 4 is 17.5 Å². The summed E-state index contributed by atoms with van der Waals surface area (Å²) < 4.78 is 7.23. The van der Waals surface area contributed by atoms with E-state index in [0.29, 0.717) is 42.6 Å². The van der Waals surface area contributed by atoms with Crippen LogP contribution in [0.25, 0.3) is 5.65 Å². The van der Waals surface area contributed by atoms with Crippen LogP contribution >= 0.6 is 0 Å². The Hall–Kier alpha value is -4.20. The predicted octanol–water partition coefficient (Wildman–Crippen LogP) is 4.00. The normalized spacial score (nSPS) is 14.1. The standard InChI is InChI=1S/C28H29N5O3/c1-19-15-24(27(36-2)31-17-19)28(35)33-12-8-22(9-13-33)21-3-5-23(6-4-21)26(34)30-18-20-7-11-32-14-10-29-25(32)16-20/h3-7,10-11,14-17,22H,8-9,12-13,18H2,1-2H3,(H,30,34). The van der Waals surface area contributed by atoms with Crippen LogP contribution < -0.4 is 10.1 Å². The topological polar surface area (TPSA) is 88.8 Å². The Morgan fingerprint density at radius 1 is 1.06 bits per heavy atom. The van der Waals surface area contributed by atoms with Gasteiger partial charge in [0.15, 0.2) is 0 Å². The number of nitrogens with one attached hydrogen (secondary N) is 1. The fraction of sp³-hybridized carbons (Fsp3) is 0.286. The molecule has 0 unspecified atom stereocenters. The highest BCUT2D eigenvalue weighted by Gasteiger charge is 2.27. The molecule has 36 heavy (non-hydrogen) atoms. The minimum Gasteiger partial charge on any atom is -0.480 e. The third-order valence-electron chi connectivity index (χ3n) is 6.75. The molecule has 5 rings (SSSR count). The van der Waals surface area contributed by atoms with Crippen molar-refractivity contribution in [2.24, 2.45) is 0 Å². The molecular formula is C28H29N5O3. The Morgan fingerprint density at radius 2 is 1.83 bits per heavy atom. The second-order valence-corrected chi connectivity index (χ2v) is 9.17. The van der Waals surface area contributed by atoms with Crippen molar-refractivity contribution in [2.75, 3.05) is 20.2 Å². The lowest BCUT2D eigenvalue weighted by Crippen LogP contribution is -2.38. The van der Waals surface area contributed by atoms with Crippen LogP contribution in [0, 0.1) is 6.92 Å². The quantitative estimate of drug-likeness (QED) is 0.448. The number of carbonyl (C=O) groups excluding carboxylic acids is 2. The van der Waals surface area contributed by atoms with Crippen molar-refractivity contribution in [1.29, 1.82) is 0 Å². The molecule has 4 aromatic rings. The first-order chi connectivity index (χ1) is 17.5. The number of ether oxygens (including phenoxy) is 1. The highest BCUT2D eigenvalue weighted by atomic mass is 16.5. The Morgan fingerprint density at radius 3 is 2.58 bits per heavy atom. The fourth-order valence-corrected chi connectivity index (χ4v) is 4.71. The number of pyridine rings is 2. The number of rotatable bonds is 6. The molecule has 0 aliphatic carbocycles. The predicted molar refractivity (Wildman–Crippen MR) is 136 cm³/mol. The van der Waals surface area contributed by atoms with Gasteiger partial charge in [0, 0.05) is 50.0 Å². The molecule has 1 fully saturated rings. The Labute approximate surface area is 209 Å². The molecule has 8 heteroatoms. The van der Waals surface area contributed by atoms with Crippen molar-refractivity contribution in [3.8, 4) is 5.88 Å². The number of amides is 2. The van der Waals surface area contributed by atoms with Gasteiger partial charge in [0.05, 0.1) is 7.11 Å². The summed E-state index contributed by atoms with van der Waals surface area (Å²) in [6.07, 6.45) is 9.02. The van der Waals surface area contributed by atoms with E-state index in [0.717, 1.165) is 29.6 Å². The van der Waals surface area contributed by atoms with E-state index in [1.165, 1.54) is 12.7 Å². The number of aromatic nitrogens is 3. The number of aryl methyl sites for hydroxylation is 1. The summed E-state index contributed by atoms with van der Waals surface area (Å²) in [6, 6.07) is 13.6. The molecule has 1 aliphatic heterocycles. The van der Waals surface area contributed by atoms with Gasteiger partial charge in [-0.2, -0.15) is 0 Å². The van der Waals surface area contributed by atoms with E-state index < -0.39 is 0 Å². The summed E-state index contributed by atoms with van der Waals surface area (Å²) in [5, 5.41) is 2.98. The summed E-state index contributed by atoms with van der Waals surface area (Å²) >= 11 is 0. The van der Waals surface area contributed by atoms with Crippen LogP contribution in [-0.2, 0) is 6.54 Å². The first-order valence-corrected chi connectivity index (χ1v) is 12.1. The highest BCUT2D eigenvalue weighted by Crippen LogP contribution is 2.30. The van der Waals surface area contributed by atoms with Gasteiger partial charge in [-0.15, -0.1) is 0 Å². The Balaban J connectivity index is 1.16. The number of imidazole rings is 1. The van der Waals surface area contributed by atoms with Crippen LogP contribution in [0.1, 0.15) is 56.2 Å². The summed E-state index contributed by atoms with van der Waals surface area (Å²) in [4.78, 5) is 36.1. The highest BCUT2D eigenvalue weighted by molar-refractivity contribution is 5.96. The van der Waals surface area contributed by atoms with Crippen LogP contribution in [0.5, 0.6) is 5.88 Å². The van der Waals surface area contributed by atoms with Gasteiger partial charge < -0.3 is 19.4 Å². The molecule has 4 heterocycles. The summed E-state index contributed by atoms with van der Waals surface area (Å²) in [5.74, 6) is 0.569. The third kappa shape index (κ3) is 4.93. The minimum absolute atomic E-state index is 0.0413. The smallest absolute Gasteiger partial charge is 0.259 e. The molecular weight excluding hydrogens is 454 g/mol. The van der Waals surface area contributed by atoms with Crippen molar-refractivity contribution in [1.82, 2.24) is 24.6 Å². The number of benzene rings is 1. The van der Waals surface area contributed by atoms with Crippen LogP contribution in [0.2, 0.25) is 0 Å². The molecule has 2 amide bonds. The fourth-order valence-electron chi connectivity index (χ4n) is 4.71. The van der Waals surface area contributed by atoms with Gasteiger partial charge in [-0.25, -0.2) is 9.97 Å². The Kier molecular flexibility index (Phi) is 6.66. The van der Waals surface area contributed by atoms with Gasteiger partial charge in [-0.05, 0) is 72.7 Å². The average molecular weight is 484 g/mol. The molecule has 1 saturated heterocycles. The monoisotopic (exact) mass is 483 g/mol. The van der Waals surface area contributed by atoms with E-state index in [-0.39, 0.29) is 11.8 Å². The van der Waals surface area contributed by atoms with E-state index >= 15 is 0 Å². The number of nitrogens with zero attached hydrogens (tertiary/aromatic N) is 4. The van der Waals surface area contributed by atoms with Gasteiger partial charge in [0.2, 0.25) is 5.88 Å². The lowest BCUT2D eigenvalue weighted by Gasteiger charge is -2.32. The van der Waals surface area contributed by atoms with E-state index in [9.17, 15) is 9.59 Å². The SMILES string of the molecule is COc1ncc(C)cc1C(=O)N1CCC(c2ccc(C(=O)NCc3ccn4ccnc4c3)cc2)CC1. The molecule has 8 nitrogen and oxygen atoms in total. The summed E-state index contributed by atoms with van der Waals surface area (Å²) in [5.41, 5.74) is 5.12. The maximum Gasteiger partial charge on any atom is 0.259 e. The van der Waals surface area contributed by atoms with Crippen LogP contribution in [-0.4, -0.2) is 51.3 Å². The molecule has 0 spiro atoms. The molecule has 3 aromatic heterocycles. The number of hydrogen-bond donors (Lipinski definition) is 1. The second-order valence-electron chi connectivity index (χ2n) is 9.17. The van der Waals surface area contributed by atoms with Gasteiger partial charge in [-0.1, -0.05) is 12.1 Å². The summed E-state index contributed by atoms with van der Waals surface area (Å²) in [7, 11) is 1.53. The zero-order valence-electron chi connectivity index (χ0n) is 20.5. The zero-order chi connectivity index (χ0) is 25.1. The van der Waals surface area contributed by atoms with E-state index in [4.69, 9.17) is 4.74 Å². The summed E-state index contributed by atoms with van der Waals surface area (Å²) in [6.45, 7) is 3.70. The van der Waals surface area contributed by atoms with Crippen molar-refractivity contribution in [2.45, 2.75) is 32.2 Å². The number of methoxy groups -OCH3 is 1. The third-order valence-corrected chi connectivity index (χ3v) is 6.75. The number of hydrogen-bond acceptors (Lipinski definition) is 5. The molecule has 0 bridgehead atoms. The molecule has 184 valence electrons. The molecule has 0 saturated carbocycles. The van der Waals surface area contributed by atoms with Crippen molar-refractivity contribution in [3.05, 3.63) is 95.1 Å². The second kappa shape index (κ2) is 10.2. The number of likely N-dealkylation sites (tertiary alicyclic amines) is 1. The first kappa shape index (κ1) is 23.5. The number of piperidine rings is 1. The molecule has 1 aliphatic rings. The maximum absolute atomic E-state index is 13.1. The number of carbonyl (C=O) groups is 2. The van der Waals surface area contributed by atoms with E-state index in [1.54, 1.807) is 12.4 Å². The molecule has 1 aromatic carbocycles. The van der Waals surface area contributed by atoms with Gasteiger partial charge in [-0.3, -0.25) is 9.59 Å². The van der Waals surface area contributed by atoms with E-state index in [2.05, 4.69) is 15.3 Å². The van der Waals surface area contributed by atoms with Crippen LogP contribution in [0.4, 0.5) is 0 Å². The van der Waals surface area contributed by atoms with Gasteiger partial charge >= 0.3 is 0 Å². The average Bonchev–Trinajstić information content (AvgIpc) is 3.39.